The fourth-order valence-electron chi connectivity index (χ4n) is 7.58. The van der Waals surface area contributed by atoms with Gasteiger partial charge in [-0.2, -0.15) is 0 Å². The molecule has 10 aromatic carbocycles. The average molecular weight is 657 g/mol. The van der Waals surface area contributed by atoms with Gasteiger partial charge in [-0.3, -0.25) is 0 Å². The summed E-state index contributed by atoms with van der Waals surface area (Å²) in [4.78, 5) is 0. The summed E-state index contributed by atoms with van der Waals surface area (Å²) >= 11 is 0. The third-order valence-electron chi connectivity index (χ3n) is 10.2. The Morgan fingerprint density at radius 3 is 0.827 bits per heavy atom. The average Bonchev–Trinajstić information content (AvgIpc) is 3.21. The lowest BCUT2D eigenvalue weighted by Gasteiger charge is -2.14. The summed E-state index contributed by atoms with van der Waals surface area (Å²) in [6, 6.07) is 64.3. The topological polar surface area (TPSA) is 0 Å². The molecule has 0 aromatic heterocycles. The van der Waals surface area contributed by atoms with Crippen LogP contribution in [0.4, 0.5) is 0 Å². The van der Waals surface area contributed by atoms with Gasteiger partial charge in [-0.05, 0) is 124 Å². The summed E-state index contributed by atoms with van der Waals surface area (Å²) in [7, 11) is 0. The molecule has 0 aliphatic rings. The molecule has 0 saturated heterocycles. The molecule has 0 spiro atoms. The maximum atomic E-state index is 5.99. The van der Waals surface area contributed by atoms with Crippen LogP contribution in [-0.2, 0) is 0 Å². The minimum Gasteiger partial charge on any atom is -0.115 e. The van der Waals surface area contributed by atoms with Crippen LogP contribution in [0.5, 0.6) is 0 Å². The van der Waals surface area contributed by atoms with Crippen LogP contribution >= 0.6 is 0 Å². The van der Waals surface area contributed by atoms with Crippen LogP contribution in [0.2, 0.25) is 0 Å². The van der Waals surface area contributed by atoms with E-state index >= 15 is 0 Å². The van der Waals surface area contributed by atoms with Gasteiger partial charge in [-0.1, -0.05) is 145 Å². The van der Waals surface area contributed by atoms with Crippen molar-refractivity contribution in [2.75, 3.05) is 0 Å². The molecule has 0 atom stereocenters. The van der Waals surface area contributed by atoms with Gasteiger partial charge in [-0.15, -0.1) is 12.8 Å². The van der Waals surface area contributed by atoms with Crippen molar-refractivity contribution in [2.24, 2.45) is 0 Å². The van der Waals surface area contributed by atoms with E-state index in [0.717, 1.165) is 44.2 Å². The van der Waals surface area contributed by atoms with Crippen LogP contribution < -0.4 is 0 Å². The summed E-state index contributed by atoms with van der Waals surface area (Å²) in [5.41, 5.74) is 6.14. The molecule has 0 bridgehead atoms. The molecule has 0 unspecified atom stereocenters. The van der Waals surface area contributed by atoms with E-state index in [2.05, 4.69) is 182 Å². The highest BCUT2D eigenvalue weighted by Gasteiger charge is 2.14. The lowest BCUT2D eigenvalue weighted by Crippen LogP contribution is -1.91. The maximum Gasteiger partial charge on any atom is 0.0327 e. The van der Waals surface area contributed by atoms with Gasteiger partial charge in [0.1, 0.15) is 0 Å². The molecule has 10 rings (SSSR count). The summed E-state index contributed by atoms with van der Waals surface area (Å²) in [6.45, 7) is 0. The smallest absolute Gasteiger partial charge is 0.0327 e. The SMILES string of the molecule is C#Cc1ccc2cc3ccccc3cc2c1-c1ccc(-c2c(C#C)ccc3cc4ccccc4cc23)cc1.c1ccc2cc3ccccc3cc2c1. The van der Waals surface area contributed by atoms with Gasteiger partial charge in [-0.25, -0.2) is 0 Å². The molecule has 0 aliphatic heterocycles. The van der Waals surface area contributed by atoms with Crippen molar-refractivity contribution in [3.05, 3.63) is 193 Å². The molecule has 0 N–H and O–H groups in total. The van der Waals surface area contributed by atoms with Crippen molar-refractivity contribution in [3.8, 4) is 46.9 Å². The van der Waals surface area contributed by atoms with Crippen molar-refractivity contribution < 1.29 is 0 Å². The van der Waals surface area contributed by atoms with E-state index in [0.29, 0.717) is 0 Å². The summed E-state index contributed by atoms with van der Waals surface area (Å²) in [5, 5.41) is 14.8. The van der Waals surface area contributed by atoms with Crippen molar-refractivity contribution in [1.82, 2.24) is 0 Å². The Bertz CT molecular complexity index is 2810. The minimum atomic E-state index is 0.890. The highest BCUT2D eigenvalue weighted by atomic mass is 14.2. The van der Waals surface area contributed by atoms with Crippen molar-refractivity contribution >= 4 is 64.6 Å². The zero-order valence-electron chi connectivity index (χ0n) is 28.5. The molecule has 52 heavy (non-hydrogen) atoms. The van der Waals surface area contributed by atoms with E-state index in [9.17, 15) is 0 Å². The molecule has 0 nitrogen and oxygen atoms in total. The van der Waals surface area contributed by atoms with Gasteiger partial charge in [0.15, 0.2) is 0 Å². The lowest BCUT2D eigenvalue weighted by atomic mass is 9.89. The van der Waals surface area contributed by atoms with E-state index in [-0.39, 0.29) is 0 Å². The third kappa shape index (κ3) is 5.51. The second-order valence-electron chi connectivity index (χ2n) is 13.2. The first-order valence-electron chi connectivity index (χ1n) is 17.5. The van der Waals surface area contributed by atoms with Crippen molar-refractivity contribution in [3.63, 3.8) is 0 Å². The van der Waals surface area contributed by atoms with Gasteiger partial charge in [0.25, 0.3) is 0 Å². The molecular weight excluding hydrogens is 625 g/mol. The molecule has 0 aliphatic carbocycles. The normalized spacial score (nSPS) is 11.0. The zero-order chi connectivity index (χ0) is 35.0. The molecule has 0 amide bonds. The molecule has 0 saturated carbocycles. The second-order valence-corrected chi connectivity index (χ2v) is 13.2. The van der Waals surface area contributed by atoms with E-state index in [1.807, 2.05) is 12.1 Å². The van der Waals surface area contributed by atoms with Gasteiger partial charge >= 0.3 is 0 Å². The largest absolute Gasteiger partial charge is 0.115 e. The lowest BCUT2D eigenvalue weighted by molar-refractivity contribution is 1.60. The van der Waals surface area contributed by atoms with Gasteiger partial charge in [0.2, 0.25) is 0 Å². The van der Waals surface area contributed by atoms with Crippen molar-refractivity contribution in [2.45, 2.75) is 0 Å². The molecule has 240 valence electrons. The first-order valence-corrected chi connectivity index (χ1v) is 17.5. The van der Waals surface area contributed by atoms with Crippen LogP contribution in [0, 0.1) is 24.7 Å². The van der Waals surface area contributed by atoms with Crippen LogP contribution in [0.1, 0.15) is 11.1 Å². The van der Waals surface area contributed by atoms with E-state index in [4.69, 9.17) is 12.8 Å². The molecule has 0 heteroatoms. The van der Waals surface area contributed by atoms with Crippen LogP contribution in [-0.4, -0.2) is 0 Å². The monoisotopic (exact) mass is 656 g/mol. The number of hydrogen-bond acceptors (Lipinski definition) is 0. The highest BCUT2D eigenvalue weighted by Crippen LogP contribution is 2.38. The standard InChI is InChI=1S/C38H22.C14H10/c1-3-25-13-19-33-21-29-9-5-7-11-31(29)23-35(33)37(25)27-15-17-28(18-16-27)38-26(4-2)14-20-34-22-30-10-6-8-12-32(30)24-36(34)38;1-2-6-12-10-14-8-4-3-7-13(14)9-11(12)5-1/h1-2,5-24H;1-10H. The van der Waals surface area contributed by atoms with Gasteiger partial charge in [0.05, 0.1) is 0 Å². The number of hydrogen-bond donors (Lipinski definition) is 0. The quantitative estimate of drug-likeness (QED) is 0.128. The zero-order valence-corrected chi connectivity index (χ0v) is 28.5. The second kappa shape index (κ2) is 13.0. The highest BCUT2D eigenvalue weighted by molar-refractivity contribution is 6.08. The minimum absolute atomic E-state index is 0.890. The molecule has 0 heterocycles. The van der Waals surface area contributed by atoms with E-state index in [1.165, 1.54) is 53.9 Å². The van der Waals surface area contributed by atoms with E-state index < -0.39 is 0 Å². The fraction of sp³-hybridized carbons (Fsp3) is 0. The molecule has 0 radical (unpaired) electrons. The third-order valence-corrected chi connectivity index (χ3v) is 10.2. The predicted molar refractivity (Wildman–Crippen MR) is 225 cm³/mol. The fourth-order valence-corrected chi connectivity index (χ4v) is 7.58. The first kappa shape index (κ1) is 30.9. The Kier molecular flexibility index (Phi) is 7.71. The van der Waals surface area contributed by atoms with Crippen molar-refractivity contribution in [1.29, 1.82) is 0 Å². The first-order chi connectivity index (χ1) is 25.7. The van der Waals surface area contributed by atoms with Crippen LogP contribution in [0.3, 0.4) is 0 Å². The van der Waals surface area contributed by atoms with Crippen LogP contribution in [0.25, 0.3) is 86.9 Å². The van der Waals surface area contributed by atoms with Crippen LogP contribution in [0.15, 0.2) is 182 Å². The molecular formula is C52H32. The number of benzene rings is 10. The Morgan fingerprint density at radius 2 is 0.538 bits per heavy atom. The molecule has 0 fully saturated rings. The Balaban J connectivity index is 0.000000214. The number of terminal acetylenes is 2. The van der Waals surface area contributed by atoms with E-state index in [1.54, 1.807) is 0 Å². The summed E-state index contributed by atoms with van der Waals surface area (Å²) in [6.07, 6.45) is 12.0. The van der Waals surface area contributed by atoms with Gasteiger partial charge in [0, 0.05) is 22.3 Å². The summed E-state index contributed by atoms with van der Waals surface area (Å²) < 4.78 is 0. The Labute approximate surface area is 303 Å². The Morgan fingerprint density at radius 1 is 0.269 bits per heavy atom. The van der Waals surface area contributed by atoms with Gasteiger partial charge < -0.3 is 0 Å². The Hall–Kier alpha value is -7.12. The number of rotatable bonds is 2. The molecule has 10 aromatic rings. The maximum absolute atomic E-state index is 5.99. The predicted octanol–water partition coefficient (Wildman–Crippen LogP) is 13.6. The summed E-state index contributed by atoms with van der Waals surface area (Å²) in [5.74, 6) is 5.83. The number of fused-ring (bicyclic) bond motifs is 6.